The smallest absolute Gasteiger partial charge is 0.497 e. The third kappa shape index (κ3) is 3.95. The minimum absolute atomic E-state index is 0.148. The van der Waals surface area contributed by atoms with Gasteiger partial charge < -0.3 is 20.5 Å². The molecule has 3 N–H and O–H groups in total. The molecule has 0 aliphatic heterocycles. The lowest BCUT2D eigenvalue weighted by molar-refractivity contribution is -0.274. The normalized spacial score (nSPS) is 11.0. The number of ether oxygens (including phenoxy) is 2. The van der Waals surface area contributed by atoms with Crippen molar-refractivity contribution in [3.05, 3.63) is 42.5 Å². The monoisotopic (exact) mass is 298 g/mol. The molecule has 7 heteroatoms. The van der Waals surface area contributed by atoms with Crippen molar-refractivity contribution in [3.63, 3.8) is 0 Å². The number of benzene rings is 2. The van der Waals surface area contributed by atoms with Crippen LogP contribution in [0, 0.1) is 0 Å². The van der Waals surface area contributed by atoms with Gasteiger partial charge in [0.15, 0.2) is 5.75 Å². The fraction of sp³-hybridized carbons (Fsp3) is 0.143. The van der Waals surface area contributed by atoms with Gasteiger partial charge >= 0.3 is 6.36 Å². The number of nitrogens with two attached hydrogens (primary N) is 1. The Hall–Kier alpha value is -2.57. The second kappa shape index (κ2) is 5.82. The molecule has 0 radical (unpaired) electrons. The first kappa shape index (κ1) is 14.8. The Morgan fingerprint density at radius 1 is 1.05 bits per heavy atom. The maximum absolute atomic E-state index is 12.4. The quantitative estimate of drug-likeness (QED) is 0.840. The fourth-order valence-corrected chi connectivity index (χ4v) is 1.70. The maximum Gasteiger partial charge on any atom is 0.573 e. The summed E-state index contributed by atoms with van der Waals surface area (Å²) < 4.78 is 46.1. The molecule has 21 heavy (non-hydrogen) atoms. The van der Waals surface area contributed by atoms with E-state index in [0.717, 1.165) is 0 Å². The first-order chi connectivity index (χ1) is 9.89. The van der Waals surface area contributed by atoms with Crippen molar-refractivity contribution >= 4 is 17.1 Å². The van der Waals surface area contributed by atoms with E-state index in [2.05, 4.69) is 10.1 Å². The lowest BCUT2D eigenvalue weighted by atomic mass is 10.2. The molecular weight excluding hydrogens is 285 g/mol. The SMILES string of the molecule is COc1ccc(N)c(Nc2ccccc2OC(F)(F)F)c1. The zero-order chi connectivity index (χ0) is 15.5. The third-order valence-electron chi connectivity index (χ3n) is 2.64. The molecule has 0 amide bonds. The van der Waals surface area contributed by atoms with E-state index in [-0.39, 0.29) is 11.4 Å². The van der Waals surface area contributed by atoms with E-state index >= 15 is 0 Å². The highest BCUT2D eigenvalue weighted by Gasteiger charge is 2.32. The molecule has 0 aliphatic rings. The van der Waals surface area contributed by atoms with Gasteiger partial charge in [0.25, 0.3) is 0 Å². The summed E-state index contributed by atoms with van der Waals surface area (Å²) in [7, 11) is 1.48. The number of nitrogen functional groups attached to an aromatic ring is 1. The Morgan fingerprint density at radius 2 is 1.76 bits per heavy atom. The van der Waals surface area contributed by atoms with Crippen LogP contribution in [0.4, 0.5) is 30.2 Å². The molecule has 0 unspecified atom stereocenters. The molecule has 0 fully saturated rings. The summed E-state index contributed by atoms with van der Waals surface area (Å²) >= 11 is 0. The summed E-state index contributed by atoms with van der Waals surface area (Å²) in [5.74, 6) is 0.188. The van der Waals surface area contributed by atoms with Gasteiger partial charge in [-0.05, 0) is 24.3 Å². The van der Waals surface area contributed by atoms with Gasteiger partial charge in [-0.1, -0.05) is 12.1 Å². The van der Waals surface area contributed by atoms with Gasteiger partial charge in [-0.2, -0.15) is 0 Å². The summed E-state index contributed by atoms with van der Waals surface area (Å²) in [5.41, 5.74) is 6.73. The van der Waals surface area contributed by atoms with Gasteiger partial charge in [0.05, 0.1) is 24.2 Å². The van der Waals surface area contributed by atoms with E-state index in [1.807, 2.05) is 0 Å². The molecule has 0 aliphatic carbocycles. The highest BCUT2D eigenvalue weighted by Crippen LogP contribution is 2.34. The molecule has 0 saturated heterocycles. The highest BCUT2D eigenvalue weighted by atomic mass is 19.4. The van der Waals surface area contributed by atoms with Crippen molar-refractivity contribution in [2.24, 2.45) is 0 Å². The van der Waals surface area contributed by atoms with Crippen LogP contribution in [0.1, 0.15) is 0 Å². The van der Waals surface area contributed by atoms with Crippen LogP contribution in [-0.2, 0) is 0 Å². The van der Waals surface area contributed by atoms with E-state index in [4.69, 9.17) is 10.5 Å². The molecular formula is C14H13F3N2O2. The first-order valence-corrected chi connectivity index (χ1v) is 5.94. The van der Waals surface area contributed by atoms with Gasteiger partial charge in [-0.25, -0.2) is 0 Å². The molecule has 0 aromatic heterocycles. The Bertz CT molecular complexity index is 630. The second-order valence-electron chi connectivity index (χ2n) is 4.12. The predicted molar refractivity (Wildman–Crippen MR) is 73.8 cm³/mol. The minimum Gasteiger partial charge on any atom is -0.497 e. The molecule has 112 valence electrons. The number of nitrogens with one attached hydrogen (secondary N) is 1. The summed E-state index contributed by atoms with van der Waals surface area (Å²) in [5, 5.41) is 2.81. The summed E-state index contributed by atoms with van der Waals surface area (Å²) in [6.45, 7) is 0. The summed E-state index contributed by atoms with van der Waals surface area (Å²) in [4.78, 5) is 0. The Balaban J connectivity index is 2.31. The molecule has 0 heterocycles. The maximum atomic E-state index is 12.4. The van der Waals surface area contributed by atoms with Crippen LogP contribution in [-0.4, -0.2) is 13.5 Å². The van der Waals surface area contributed by atoms with Crippen LogP contribution < -0.4 is 20.5 Å². The fourth-order valence-electron chi connectivity index (χ4n) is 1.70. The average molecular weight is 298 g/mol. The van der Waals surface area contributed by atoms with E-state index in [1.165, 1.54) is 25.3 Å². The van der Waals surface area contributed by atoms with Gasteiger partial charge in [0.1, 0.15) is 5.75 Å². The number of rotatable bonds is 4. The number of alkyl halides is 3. The number of hydrogen-bond acceptors (Lipinski definition) is 4. The van der Waals surface area contributed by atoms with Gasteiger partial charge in [-0.3, -0.25) is 0 Å². The topological polar surface area (TPSA) is 56.5 Å². The number of anilines is 3. The van der Waals surface area contributed by atoms with E-state index in [9.17, 15) is 13.2 Å². The molecule has 4 nitrogen and oxygen atoms in total. The number of para-hydroxylation sites is 2. The van der Waals surface area contributed by atoms with Crippen molar-refractivity contribution in [2.75, 3.05) is 18.2 Å². The molecule has 0 saturated carbocycles. The van der Waals surface area contributed by atoms with Crippen LogP contribution in [0.15, 0.2) is 42.5 Å². The third-order valence-corrected chi connectivity index (χ3v) is 2.64. The first-order valence-electron chi connectivity index (χ1n) is 5.94. The van der Waals surface area contributed by atoms with Crippen molar-refractivity contribution in [3.8, 4) is 11.5 Å². The molecule has 0 atom stereocenters. The van der Waals surface area contributed by atoms with E-state index in [0.29, 0.717) is 17.1 Å². The lowest BCUT2D eigenvalue weighted by Crippen LogP contribution is -2.17. The summed E-state index contributed by atoms with van der Waals surface area (Å²) in [6, 6.07) is 10.5. The van der Waals surface area contributed by atoms with Gasteiger partial charge in [0.2, 0.25) is 0 Å². The van der Waals surface area contributed by atoms with Crippen LogP contribution in [0.5, 0.6) is 11.5 Å². The summed E-state index contributed by atoms with van der Waals surface area (Å²) in [6.07, 6.45) is -4.77. The molecule has 0 bridgehead atoms. The van der Waals surface area contributed by atoms with Crippen molar-refractivity contribution < 1.29 is 22.6 Å². The standard InChI is InChI=1S/C14H13F3N2O2/c1-20-9-6-7-10(18)12(8-9)19-11-4-2-3-5-13(11)21-14(15,16)17/h2-8,19H,18H2,1H3. The number of hydrogen-bond donors (Lipinski definition) is 2. The van der Waals surface area contributed by atoms with Crippen LogP contribution in [0.3, 0.4) is 0 Å². The van der Waals surface area contributed by atoms with Crippen molar-refractivity contribution in [2.45, 2.75) is 6.36 Å². The minimum atomic E-state index is -4.77. The molecule has 0 spiro atoms. The Labute approximate surface area is 119 Å². The average Bonchev–Trinajstić information content (AvgIpc) is 2.42. The zero-order valence-corrected chi connectivity index (χ0v) is 11.1. The number of halogens is 3. The van der Waals surface area contributed by atoms with E-state index < -0.39 is 6.36 Å². The predicted octanol–water partition coefficient (Wildman–Crippen LogP) is 3.92. The second-order valence-corrected chi connectivity index (χ2v) is 4.12. The van der Waals surface area contributed by atoms with E-state index in [1.54, 1.807) is 24.3 Å². The zero-order valence-electron chi connectivity index (χ0n) is 11.1. The Kier molecular flexibility index (Phi) is 4.11. The molecule has 2 rings (SSSR count). The van der Waals surface area contributed by atoms with Crippen molar-refractivity contribution in [1.82, 2.24) is 0 Å². The van der Waals surface area contributed by atoms with Crippen LogP contribution in [0.2, 0.25) is 0 Å². The Morgan fingerprint density at radius 3 is 2.43 bits per heavy atom. The molecule has 2 aromatic carbocycles. The van der Waals surface area contributed by atoms with Crippen molar-refractivity contribution in [1.29, 1.82) is 0 Å². The largest absolute Gasteiger partial charge is 0.573 e. The highest BCUT2D eigenvalue weighted by molar-refractivity contribution is 5.76. The van der Waals surface area contributed by atoms with Gasteiger partial charge in [0, 0.05) is 6.07 Å². The van der Waals surface area contributed by atoms with Gasteiger partial charge in [-0.15, -0.1) is 13.2 Å². The molecule has 2 aromatic rings. The van der Waals surface area contributed by atoms with Crippen LogP contribution >= 0.6 is 0 Å². The number of methoxy groups -OCH3 is 1. The lowest BCUT2D eigenvalue weighted by Gasteiger charge is -2.16. The van der Waals surface area contributed by atoms with Crippen LogP contribution in [0.25, 0.3) is 0 Å².